The highest BCUT2D eigenvalue weighted by molar-refractivity contribution is 5.90. The molecule has 0 fully saturated rings. The normalized spacial score (nSPS) is 10.8. The van der Waals surface area contributed by atoms with Crippen molar-refractivity contribution in [1.82, 2.24) is 0 Å². The molecule has 4 rings (SSSR count). The van der Waals surface area contributed by atoms with Crippen molar-refractivity contribution in [2.24, 2.45) is 4.99 Å². The van der Waals surface area contributed by atoms with Crippen LogP contribution in [0.15, 0.2) is 94.3 Å². The van der Waals surface area contributed by atoms with E-state index in [0.717, 1.165) is 11.1 Å². The van der Waals surface area contributed by atoms with Gasteiger partial charge in [0.05, 0.1) is 0 Å². The third kappa shape index (κ3) is 3.29. The topological polar surface area (TPSA) is 69.5 Å². The zero-order valence-electron chi connectivity index (χ0n) is 14.9. The van der Waals surface area contributed by atoms with E-state index in [1.54, 1.807) is 24.3 Å². The molecule has 4 nitrogen and oxygen atoms in total. The minimum absolute atomic E-state index is 0.114. The van der Waals surface area contributed by atoms with Gasteiger partial charge in [-0.25, -0.2) is 4.99 Å². The van der Waals surface area contributed by atoms with Crippen LogP contribution in [-0.4, -0.2) is 11.3 Å². The second-order valence-electron chi connectivity index (χ2n) is 6.15. The van der Waals surface area contributed by atoms with E-state index in [9.17, 15) is 10.4 Å². The van der Waals surface area contributed by atoms with Crippen LogP contribution in [0.25, 0.3) is 22.5 Å². The number of aliphatic imine (C=N–C) groups is 1. The Labute approximate surface area is 162 Å². The van der Waals surface area contributed by atoms with Crippen molar-refractivity contribution >= 4 is 12.1 Å². The fourth-order valence-electron chi connectivity index (χ4n) is 3.01. The summed E-state index contributed by atoms with van der Waals surface area (Å²) < 4.78 is 6.04. The molecule has 0 unspecified atom stereocenters. The fraction of sp³-hybridized carbons (Fsp3) is 0. The lowest BCUT2D eigenvalue weighted by molar-refractivity contribution is 0.474. The maximum Gasteiger partial charge on any atom is 0.238 e. The molecule has 3 aromatic carbocycles. The van der Waals surface area contributed by atoms with E-state index in [-0.39, 0.29) is 11.6 Å². The summed E-state index contributed by atoms with van der Waals surface area (Å²) in [7, 11) is 0. The minimum Gasteiger partial charge on any atom is -0.507 e. The van der Waals surface area contributed by atoms with E-state index in [1.807, 2.05) is 60.7 Å². The first-order valence-corrected chi connectivity index (χ1v) is 8.77. The van der Waals surface area contributed by atoms with Gasteiger partial charge in [-0.2, -0.15) is 5.26 Å². The van der Waals surface area contributed by atoms with Gasteiger partial charge in [-0.15, -0.1) is 0 Å². The van der Waals surface area contributed by atoms with Gasteiger partial charge >= 0.3 is 0 Å². The number of nitrogens with zero attached hydrogens (tertiary/aromatic N) is 2. The largest absolute Gasteiger partial charge is 0.507 e. The number of rotatable bonds is 4. The van der Waals surface area contributed by atoms with Crippen molar-refractivity contribution < 1.29 is 9.52 Å². The van der Waals surface area contributed by atoms with Gasteiger partial charge in [0.25, 0.3) is 0 Å². The highest BCUT2D eigenvalue weighted by Crippen LogP contribution is 2.42. The first-order valence-electron chi connectivity index (χ1n) is 8.77. The zero-order chi connectivity index (χ0) is 19.3. The van der Waals surface area contributed by atoms with Crippen LogP contribution >= 0.6 is 0 Å². The molecule has 4 heteroatoms. The predicted molar refractivity (Wildman–Crippen MR) is 110 cm³/mol. The van der Waals surface area contributed by atoms with Gasteiger partial charge in [0.2, 0.25) is 5.88 Å². The number of hydrogen-bond donors (Lipinski definition) is 1. The zero-order valence-corrected chi connectivity index (χ0v) is 14.9. The third-order valence-electron chi connectivity index (χ3n) is 4.36. The molecule has 0 aliphatic heterocycles. The molecule has 4 aromatic rings. The fourth-order valence-corrected chi connectivity index (χ4v) is 3.01. The van der Waals surface area contributed by atoms with E-state index in [4.69, 9.17) is 4.42 Å². The van der Waals surface area contributed by atoms with Gasteiger partial charge in [0.15, 0.2) is 0 Å². The van der Waals surface area contributed by atoms with Crippen LogP contribution in [0.5, 0.6) is 5.75 Å². The average molecular weight is 364 g/mol. The lowest BCUT2D eigenvalue weighted by Crippen LogP contribution is -1.83. The first-order chi connectivity index (χ1) is 13.8. The van der Waals surface area contributed by atoms with Crippen molar-refractivity contribution in [3.63, 3.8) is 0 Å². The van der Waals surface area contributed by atoms with Crippen molar-refractivity contribution in [3.05, 3.63) is 96.1 Å². The van der Waals surface area contributed by atoms with Crippen LogP contribution < -0.4 is 0 Å². The van der Waals surface area contributed by atoms with E-state index in [1.165, 1.54) is 6.21 Å². The van der Waals surface area contributed by atoms with Crippen LogP contribution in [0, 0.1) is 11.3 Å². The molecular weight excluding hydrogens is 348 g/mol. The molecule has 0 amide bonds. The molecule has 28 heavy (non-hydrogen) atoms. The average Bonchev–Trinajstić information content (AvgIpc) is 3.13. The molecule has 134 valence electrons. The molecule has 0 spiro atoms. The van der Waals surface area contributed by atoms with E-state index in [0.29, 0.717) is 22.5 Å². The lowest BCUT2D eigenvalue weighted by Gasteiger charge is -2.03. The molecule has 1 N–H and O–H groups in total. The number of furan rings is 1. The summed E-state index contributed by atoms with van der Waals surface area (Å²) in [5.74, 6) is 0.916. The number of para-hydroxylation sites is 1. The maximum atomic E-state index is 9.94. The highest BCUT2D eigenvalue weighted by atomic mass is 16.4. The number of hydrogen-bond acceptors (Lipinski definition) is 4. The summed E-state index contributed by atoms with van der Waals surface area (Å²) >= 11 is 0. The molecule has 0 saturated carbocycles. The smallest absolute Gasteiger partial charge is 0.238 e. The lowest BCUT2D eigenvalue weighted by atomic mass is 9.98. The van der Waals surface area contributed by atoms with Crippen molar-refractivity contribution in [2.45, 2.75) is 0 Å². The summed E-state index contributed by atoms with van der Waals surface area (Å²) in [6, 6.07) is 28.4. The van der Waals surface area contributed by atoms with Crippen LogP contribution in [0.2, 0.25) is 0 Å². The number of phenols is 1. The standard InChI is InChI=1S/C24H16N2O2/c25-15-20-22(17-9-3-1-4-10-17)23(18-11-5-2-6-12-18)28-24(20)26-16-19-13-7-8-14-21(19)27/h1-14,16,27H. The molecule has 0 atom stereocenters. The van der Waals surface area contributed by atoms with Gasteiger partial charge in [0.1, 0.15) is 23.1 Å². The Morgan fingerprint density at radius 2 is 1.43 bits per heavy atom. The summed E-state index contributed by atoms with van der Waals surface area (Å²) in [5, 5.41) is 19.8. The minimum atomic E-state index is 0.114. The van der Waals surface area contributed by atoms with Gasteiger partial charge in [-0.3, -0.25) is 0 Å². The molecule has 0 radical (unpaired) electrons. The van der Waals surface area contributed by atoms with Crippen molar-refractivity contribution in [1.29, 1.82) is 5.26 Å². The Morgan fingerprint density at radius 1 is 0.821 bits per heavy atom. The van der Waals surface area contributed by atoms with Gasteiger partial charge in [-0.05, 0) is 17.7 Å². The summed E-state index contributed by atoms with van der Waals surface area (Å²) in [4.78, 5) is 4.37. The molecule has 1 aromatic heterocycles. The first kappa shape index (κ1) is 17.3. The van der Waals surface area contributed by atoms with E-state index >= 15 is 0 Å². The monoisotopic (exact) mass is 364 g/mol. The van der Waals surface area contributed by atoms with Gasteiger partial charge in [-0.1, -0.05) is 72.8 Å². The van der Waals surface area contributed by atoms with Crippen molar-refractivity contribution in [3.8, 4) is 34.3 Å². The highest BCUT2D eigenvalue weighted by Gasteiger charge is 2.22. The van der Waals surface area contributed by atoms with Crippen LogP contribution in [0.1, 0.15) is 11.1 Å². The number of benzene rings is 3. The Kier molecular flexibility index (Phi) is 4.73. The van der Waals surface area contributed by atoms with Crippen molar-refractivity contribution in [2.75, 3.05) is 0 Å². The number of phenolic OH excluding ortho intramolecular Hbond substituents is 1. The second kappa shape index (κ2) is 7.65. The Balaban J connectivity index is 1.90. The number of aromatic hydroxyl groups is 1. The van der Waals surface area contributed by atoms with Gasteiger partial charge < -0.3 is 9.52 Å². The van der Waals surface area contributed by atoms with Crippen LogP contribution in [-0.2, 0) is 0 Å². The molecule has 0 aliphatic carbocycles. The summed E-state index contributed by atoms with van der Waals surface area (Å²) in [6.45, 7) is 0. The Bertz CT molecular complexity index is 1170. The van der Waals surface area contributed by atoms with Gasteiger partial charge in [0, 0.05) is 22.9 Å². The maximum absolute atomic E-state index is 9.94. The van der Waals surface area contributed by atoms with Crippen LogP contribution in [0.3, 0.4) is 0 Å². The SMILES string of the molecule is N#Cc1c(N=Cc2ccccc2O)oc(-c2ccccc2)c1-c1ccccc1. The van der Waals surface area contributed by atoms with Crippen LogP contribution in [0.4, 0.5) is 5.88 Å². The number of nitriles is 1. The summed E-state index contributed by atoms with van der Waals surface area (Å²) in [6.07, 6.45) is 1.50. The van der Waals surface area contributed by atoms with E-state index in [2.05, 4.69) is 11.1 Å². The third-order valence-corrected chi connectivity index (χ3v) is 4.36. The second-order valence-corrected chi connectivity index (χ2v) is 6.15. The molecule has 0 saturated heterocycles. The molecule has 1 heterocycles. The van der Waals surface area contributed by atoms with E-state index < -0.39 is 0 Å². The predicted octanol–water partition coefficient (Wildman–Crippen LogP) is 5.94. The Hall–Kier alpha value is -4.10. The molecule has 0 aliphatic rings. The quantitative estimate of drug-likeness (QED) is 0.455. The molecule has 0 bridgehead atoms. The Morgan fingerprint density at radius 3 is 2.07 bits per heavy atom. The summed E-state index contributed by atoms with van der Waals surface area (Å²) in [5.41, 5.74) is 3.35. The molecular formula is C24H16N2O2.